The number of rotatable bonds is 1. The Morgan fingerprint density at radius 3 is 2.40 bits per heavy atom. The van der Waals surface area contributed by atoms with E-state index in [1.807, 2.05) is 0 Å². The van der Waals surface area contributed by atoms with E-state index in [0.717, 1.165) is 0 Å². The van der Waals surface area contributed by atoms with Crippen molar-refractivity contribution >= 4 is 18.3 Å². The standard InChI is InChI=1S/C5H10N2O2.ClH/c6-4(8)5(7)1-2-9-3-5;/h1-3,7H2,(H2,6,8);1H. The number of nitrogens with two attached hydrogens (primary N) is 2. The molecule has 1 fully saturated rings. The molecule has 0 aromatic carbocycles. The van der Waals surface area contributed by atoms with Crippen molar-refractivity contribution in [1.82, 2.24) is 0 Å². The van der Waals surface area contributed by atoms with Crippen molar-refractivity contribution in [2.75, 3.05) is 13.2 Å². The summed E-state index contributed by atoms with van der Waals surface area (Å²) in [7, 11) is 0. The average molecular weight is 167 g/mol. The highest BCUT2D eigenvalue weighted by molar-refractivity contribution is 5.85. The summed E-state index contributed by atoms with van der Waals surface area (Å²) in [5.41, 5.74) is 9.60. The van der Waals surface area contributed by atoms with Gasteiger partial charge in [0.1, 0.15) is 5.54 Å². The summed E-state index contributed by atoms with van der Waals surface area (Å²) in [6, 6.07) is 0. The highest BCUT2D eigenvalue weighted by atomic mass is 35.5. The molecule has 1 aliphatic rings. The molecule has 1 atom stereocenters. The van der Waals surface area contributed by atoms with Crippen molar-refractivity contribution in [3.63, 3.8) is 0 Å². The van der Waals surface area contributed by atoms with Crippen LogP contribution in [0.5, 0.6) is 0 Å². The fourth-order valence-electron chi connectivity index (χ4n) is 0.775. The summed E-state index contributed by atoms with van der Waals surface area (Å²) in [6.07, 6.45) is 0.544. The van der Waals surface area contributed by atoms with Gasteiger partial charge in [0.2, 0.25) is 5.91 Å². The maximum absolute atomic E-state index is 10.5. The Balaban J connectivity index is 0.000000810. The van der Waals surface area contributed by atoms with Crippen molar-refractivity contribution in [2.24, 2.45) is 11.5 Å². The molecule has 1 aliphatic heterocycles. The number of carbonyl (C=O) groups is 1. The minimum atomic E-state index is -0.889. The Labute approximate surface area is 65.3 Å². The van der Waals surface area contributed by atoms with Gasteiger partial charge in [-0.2, -0.15) is 0 Å². The summed E-state index contributed by atoms with van der Waals surface area (Å²) in [5, 5.41) is 0. The number of carbonyl (C=O) groups excluding carboxylic acids is 1. The van der Waals surface area contributed by atoms with Gasteiger partial charge in [0, 0.05) is 6.61 Å². The van der Waals surface area contributed by atoms with Crippen LogP contribution in [0.15, 0.2) is 0 Å². The maximum atomic E-state index is 10.5. The Bertz CT molecular complexity index is 134. The van der Waals surface area contributed by atoms with Gasteiger partial charge < -0.3 is 16.2 Å². The lowest BCUT2D eigenvalue weighted by atomic mass is 10.0. The third-order valence-corrected chi connectivity index (χ3v) is 1.54. The van der Waals surface area contributed by atoms with E-state index in [1.165, 1.54) is 0 Å². The molecule has 0 aromatic rings. The Kier molecular flexibility index (Phi) is 3.08. The van der Waals surface area contributed by atoms with Crippen molar-refractivity contribution in [3.05, 3.63) is 0 Å². The van der Waals surface area contributed by atoms with Gasteiger partial charge in [0.25, 0.3) is 0 Å². The Morgan fingerprint density at radius 2 is 2.20 bits per heavy atom. The molecule has 0 saturated carbocycles. The topological polar surface area (TPSA) is 78.3 Å². The van der Waals surface area contributed by atoms with Gasteiger partial charge in [0.05, 0.1) is 6.61 Å². The SMILES string of the molecule is Cl.NC(=O)C1(N)CCOC1. The molecular weight excluding hydrogens is 156 g/mol. The molecule has 1 rings (SSSR count). The first-order valence-electron chi connectivity index (χ1n) is 2.82. The fourth-order valence-corrected chi connectivity index (χ4v) is 0.775. The smallest absolute Gasteiger partial charge is 0.239 e. The molecule has 1 unspecified atom stereocenters. The molecule has 4 N–H and O–H groups in total. The number of halogens is 1. The molecule has 4 nitrogen and oxygen atoms in total. The third kappa shape index (κ3) is 1.59. The molecular formula is C5H11ClN2O2. The van der Waals surface area contributed by atoms with Crippen molar-refractivity contribution in [3.8, 4) is 0 Å². The lowest BCUT2D eigenvalue weighted by Crippen LogP contribution is -2.52. The zero-order valence-electron chi connectivity index (χ0n) is 5.50. The van der Waals surface area contributed by atoms with Crippen LogP contribution >= 0.6 is 12.4 Å². The average Bonchev–Trinajstić information content (AvgIpc) is 2.16. The van der Waals surface area contributed by atoms with Gasteiger partial charge in [-0.3, -0.25) is 4.79 Å². The van der Waals surface area contributed by atoms with Crippen LogP contribution < -0.4 is 11.5 Å². The monoisotopic (exact) mass is 166 g/mol. The van der Waals surface area contributed by atoms with Crippen molar-refractivity contribution < 1.29 is 9.53 Å². The summed E-state index contributed by atoms with van der Waals surface area (Å²) in [5.74, 6) is -0.472. The molecule has 0 aliphatic carbocycles. The zero-order valence-corrected chi connectivity index (χ0v) is 6.32. The zero-order chi connectivity index (χ0) is 6.91. The van der Waals surface area contributed by atoms with E-state index >= 15 is 0 Å². The van der Waals surface area contributed by atoms with E-state index in [-0.39, 0.29) is 19.0 Å². The van der Waals surface area contributed by atoms with E-state index in [1.54, 1.807) is 0 Å². The number of amides is 1. The van der Waals surface area contributed by atoms with Gasteiger partial charge in [-0.15, -0.1) is 12.4 Å². The fraction of sp³-hybridized carbons (Fsp3) is 0.800. The van der Waals surface area contributed by atoms with Gasteiger partial charge in [-0.1, -0.05) is 0 Å². The van der Waals surface area contributed by atoms with Crippen LogP contribution in [0.1, 0.15) is 6.42 Å². The van der Waals surface area contributed by atoms with Crippen molar-refractivity contribution in [2.45, 2.75) is 12.0 Å². The minimum Gasteiger partial charge on any atom is -0.379 e. The van der Waals surface area contributed by atoms with Gasteiger partial charge in [0.15, 0.2) is 0 Å². The summed E-state index contributed by atoms with van der Waals surface area (Å²) in [6.45, 7) is 0.807. The van der Waals surface area contributed by atoms with Crippen LogP contribution in [0.2, 0.25) is 0 Å². The molecule has 0 spiro atoms. The second-order valence-electron chi connectivity index (χ2n) is 2.32. The van der Waals surface area contributed by atoms with E-state index in [2.05, 4.69) is 0 Å². The Morgan fingerprint density at radius 1 is 1.60 bits per heavy atom. The summed E-state index contributed by atoms with van der Waals surface area (Å²) in [4.78, 5) is 10.5. The van der Waals surface area contributed by atoms with Crippen LogP contribution in [0, 0.1) is 0 Å². The largest absolute Gasteiger partial charge is 0.379 e. The molecule has 0 aromatic heterocycles. The number of primary amides is 1. The van der Waals surface area contributed by atoms with E-state index in [4.69, 9.17) is 16.2 Å². The van der Waals surface area contributed by atoms with Gasteiger partial charge in [-0.25, -0.2) is 0 Å². The van der Waals surface area contributed by atoms with Gasteiger partial charge in [-0.05, 0) is 6.42 Å². The lowest BCUT2D eigenvalue weighted by molar-refractivity contribution is -0.123. The second kappa shape index (κ2) is 3.18. The summed E-state index contributed by atoms with van der Waals surface area (Å²) < 4.78 is 4.90. The third-order valence-electron chi connectivity index (χ3n) is 1.54. The van der Waals surface area contributed by atoms with E-state index < -0.39 is 11.4 Å². The predicted molar refractivity (Wildman–Crippen MR) is 38.8 cm³/mol. The second-order valence-corrected chi connectivity index (χ2v) is 2.32. The first-order chi connectivity index (χ1) is 4.15. The number of hydrogen-bond donors (Lipinski definition) is 2. The maximum Gasteiger partial charge on any atom is 0.239 e. The number of hydrogen-bond acceptors (Lipinski definition) is 3. The molecule has 1 saturated heterocycles. The van der Waals surface area contributed by atoms with Crippen LogP contribution in [-0.4, -0.2) is 24.7 Å². The minimum absolute atomic E-state index is 0. The Hall–Kier alpha value is -0.320. The quantitative estimate of drug-likeness (QED) is 0.525. The first kappa shape index (κ1) is 9.68. The first-order valence-corrected chi connectivity index (χ1v) is 2.82. The highest BCUT2D eigenvalue weighted by Gasteiger charge is 2.36. The van der Waals surface area contributed by atoms with Crippen molar-refractivity contribution in [1.29, 1.82) is 0 Å². The van der Waals surface area contributed by atoms with Crippen LogP contribution in [0.25, 0.3) is 0 Å². The lowest BCUT2D eigenvalue weighted by Gasteiger charge is -2.15. The predicted octanol–water partition coefficient (Wildman–Crippen LogP) is -0.989. The normalized spacial score (nSPS) is 31.3. The highest BCUT2D eigenvalue weighted by Crippen LogP contribution is 2.13. The van der Waals surface area contributed by atoms with E-state index in [9.17, 15) is 4.79 Å². The summed E-state index contributed by atoms with van der Waals surface area (Å²) >= 11 is 0. The molecule has 10 heavy (non-hydrogen) atoms. The van der Waals surface area contributed by atoms with E-state index in [0.29, 0.717) is 13.0 Å². The molecule has 0 bridgehead atoms. The van der Waals surface area contributed by atoms with Crippen LogP contribution in [-0.2, 0) is 9.53 Å². The molecule has 60 valence electrons. The molecule has 1 heterocycles. The molecule has 5 heteroatoms. The number of ether oxygens (including phenoxy) is 1. The van der Waals surface area contributed by atoms with Gasteiger partial charge >= 0.3 is 0 Å². The van der Waals surface area contributed by atoms with Crippen LogP contribution in [0.3, 0.4) is 0 Å². The molecule has 0 radical (unpaired) electrons. The van der Waals surface area contributed by atoms with Crippen LogP contribution in [0.4, 0.5) is 0 Å². The molecule has 1 amide bonds.